The zero-order valence-corrected chi connectivity index (χ0v) is 12.1. The van der Waals surface area contributed by atoms with Crippen LogP contribution in [0.25, 0.3) is 0 Å². The second kappa shape index (κ2) is 5.00. The van der Waals surface area contributed by atoms with E-state index in [0.717, 1.165) is 10.0 Å². The molecule has 0 bridgehead atoms. The number of ketones is 1. The number of Topliss-reactive ketones (excluding diaryl/α,β-unsaturated/α-hetero) is 1. The zero-order valence-electron chi connectivity index (χ0n) is 10.5. The molecule has 0 spiro atoms. The van der Waals surface area contributed by atoms with E-state index in [9.17, 15) is 4.79 Å². The molecule has 0 aliphatic rings. The number of hydrogen-bond acceptors (Lipinski definition) is 3. The summed E-state index contributed by atoms with van der Waals surface area (Å²) in [5.41, 5.74) is 0.560. The van der Waals surface area contributed by atoms with Crippen LogP contribution in [-0.4, -0.2) is 17.9 Å². The van der Waals surface area contributed by atoms with Gasteiger partial charge in [0.05, 0.1) is 7.11 Å². The third kappa shape index (κ3) is 2.57. The van der Waals surface area contributed by atoms with Crippen molar-refractivity contribution in [3.05, 3.63) is 34.6 Å². The first-order valence-electron chi connectivity index (χ1n) is 5.22. The molecule has 1 aromatic rings. The summed E-state index contributed by atoms with van der Waals surface area (Å²) in [7, 11) is 1.54. The molecular formula is C13H16BrNO2. The normalized spacial score (nSPS) is 11.1. The second-order valence-electron chi connectivity index (χ2n) is 4.37. The minimum absolute atomic E-state index is 0.0973. The maximum absolute atomic E-state index is 12.3. The number of rotatable bonds is 4. The van der Waals surface area contributed by atoms with Gasteiger partial charge in [0, 0.05) is 21.6 Å². The van der Waals surface area contributed by atoms with Crippen LogP contribution < -0.4 is 4.74 Å². The molecule has 3 nitrogen and oxygen atoms in total. The van der Waals surface area contributed by atoms with E-state index < -0.39 is 5.41 Å². The standard InChI is InChI=1S/C13H16BrNO2/c1-6-13(3,4)12(16)10-11(17-5)8(2)9(14)7-15-10/h6-7H,1H2,2-5H3. The Kier molecular flexibility index (Phi) is 4.09. The third-order valence-corrected chi connectivity index (χ3v) is 3.54. The number of ether oxygens (including phenoxy) is 1. The molecule has 0 aromatic carbocycles. The molecular weight excluding hydrogens is 282 g/mol. The van der Waals surface area contributed by atoms with E-state index in [4.69, 9.17) is 4.74 Å². The molecule has 1 heterocycles. The van der Waals surface area contributed by atoms with Gasteiger partial charge in [0.15, 0.2) is 11.5 Å². The topological polar surface area (TPSA) is 39.2 Å². The highest BCUT2D eigenvalue weighted by molar-refractivity contribution is 9.10. The Hall–Kier alpha value is -1.16. The maximum atomic E-state index is 12.3. The Morgan fingerprint density at radius 2 is 2.18 bits per heavy atom. The van der Waals surface area contributed by atoms with Crippen LogP contribution >= 0.6 is 15.9 Å². The summed E-state index contributed by atoms with van der Waals surface area (Å²) in [6.45, 7) is 9.17. The lowest BCUT2D eigenvalue weighted by molar-refractivity contribution is 0.0877. The van der Waals surface area contributed by atoms with Gasteiger partial charge < -0.3 is 4.74 Å². The van der Waals surface area contributed by atoms with Gasteiger partial charge in [0.1, 0.15) is 5.69 Å². The first-order chi connectivity index (χ1) is 7.85. The lowest BCUT2D eigenvalue weighted by Crippen LogP contribution is -2.23. The summed E-state index contributed by atoms with van der Waals surface area (Å²) in [6.07, 6.45) is 3.23. The number of halogens is 1. The molecule has 0 N–H and O–H groups in total. The first kappa shape index (κ1) is 13.9. The molecule has 4 heteroatoms. The van der Waals surface area contributed by atoms with Gasteiger partial charge in [0.25, 0.3) is 0 Å². The molecule has 0 fully saturated rings. The Labute approximate surface area is 110 Å². The van der Waals surface area contributed by atoms with Crippen molar-refractivity contribution in [2.75, 3.05) is 7.11 Å². The van der Waals surface area contributed by atoms with Crippen LogP contribution in [0.2, 0.25) is 0 Å². The highest BCUT2D eigenvalue weighted by Crippen LogP contribution is 2.32. The smallest absolute Gasteiger partial charge is 0.194 e. The summed E-state index contributed by atoms with van der Waals surface area (Å²) in [4.78, 5) is 16.5. The van der Waals surface area contributed by atoms with Gasteiger partial charge in [-0.25, -0.2) is 4.98 Å². The zero-order chi connectivity index (χ0) is 13.2. The van der Waals surface area contributed by atoms with Gasteiger partial charge in [0.2, 0.25) is 0 Å². The van der Waals surface area contributed by atoms with E-state index >= 15 is 0 Å². The van der Waals surface area contributed by atoms with E-state index in [1.807, 2.05) is 6.92 Å². The van der Waals surface area contributed by atoms with Gasteiger partial charge in [-0.15, -0.1) is 6.58 Å². The Balaban J connectivity index is 3.38. The minimum Gasteiger partial charge on any atom is -0.494 e. The van der Waals surface area contributed by atoms with Crippen molar-refractivity contribution in [1.82, 2.24) is 4.98 Å². The summed E-state index contributed by atoms with van der Waals surface area (Å²) in [5, 5.41) is 0. The van der Waals surface area contributed by atoms with Crippen molar-refractivity contribution in [1.29, 1.82) is 0 Å². The Morgan fingerprint density at radius 3 is 2.65 bits per heavy atom. The fourth-order valence-electron chi connectivity index (χ4n) is 1.37. The fourth-order valence-corrected chi connectivity index (χ4v) is 1.65. The number of nitrogens with zero attached hydrogens (tertiary/aromatic N) is 1. The van der Waals surface area contributed by atoms with Crippen molar-refractivity contribution < 1.29 is 9.53 Å². The molecule has 0 amide bonds. The lowest BCUT2D eigenvalue weighted by Gasteiger charge is -2.19. The molecule has 0 aliphatic heterocycles. The van der Waals surface area contributed by atoms with Crippen LogP contribution in [-0.2, 0) is 0 Å². The molecule has 1 aromatic heterocycles. The number of pyridine rings is 1. The van der Waals surface area contributed by atoms with Crippen molar-refractivity contribution >= 4 is 21.7 Å². The highest BCUT2D eigenvalue weighted by atomic mass is 79.9. The van der Waals surface area contributed by atoms with Gasteiger partial charge in [-0.2, -0.15) is 0 Å². The van der Waals surface area contributed by atoms with Crippen molar-refractivity contribution in [2.45, 2.75) is 20.8 Å². The fraction of sp³-hybridized carbons (Fsp3) is 0.385. The third-order valence-electron chi connectivity index (χ3n) is 2.74. The SMILES string of the molecule is C=CC(C)(C)C(=O)c1ncc(Br)c(C)c1OC. The lowest BCUT2D eigenvalue weighted by atomic mass is 9.86. The van der Waals surface area contributed by atoms with Gasteiger partial charge in [-0.1, -0.05) is 6.08 Å². The van der Waals surface area contributed by atoms with Crippen LogP contribution in [0.3, 0.4) is 0 Å². The number of carbonyl (C=O) groups is 1. The average molecular weight is 298 g/mol. The van der Waals surface area contributed by atoms with E-state index in [-0.39, 0.29) is 5.78 Å². The molecule has 17 heavy (non-hydrogen) atoms. The molecule has 92 valence electrons. The molecule has 0 saturated heterocycles. The van der Waals surface area contributed by atoms with Crippen LogP contribution in [0.15, 0.2) is 23.3 Å². The molecule has 1 rings (SSSR count). The van der Waals surface area contributed by atoms with Gasteiger partial charge in [-0.05, 0) is 36.7 Å². The maximum Gasteiger partial charge on any atom is 0.194 e. The Bertz CT molecular complexity index is 467. The minimum atomic E-state index is -0.652. The molecule has 0 aliphatic carbocycles. The van der Waals surface area contributed by atoms with Crippen LogP contribution in [0.4, 0.5) is 0 Å². The second-order valence-corrected chi connectivity index (χ2v) is 5.22. The number of aromatic nitrogens is 1. The van der Waals surface area contributed by atoms with Crippen molar-refractivity contribution in [3.63, 3.8) is 0 Å². The molecule has 0 atom stereocenters. The quantitative estimate of drug-likeness (QED) is 0.630. The Morgan fingerprint density at radius 1 is 1.59 bits per heavy atom. The van der Waals surface area contributed by atoms with E-state index in [1.165, 1.54) is 7.11 Å². The predicted octanol–water partition coefficient (Wildman–Crippen LogP) is 3.56. The molecule has 0 saturated carbocycles. The monoisotopic (exact) mass is 297 g/mol. The van der Waals surface area contributed by atoms with E-state index in [2.05, 4.69) is 27.5 Å². The molecule has 0 radical (unpaired) electrons. The number of allylic oxidation sites excluding steroid dienone is 1. The first-order valence-corrected chi connectivity index (χ1v) is 6.02. The number of hydrogen-bond donors (Lipinski definition) is 0. The predicted molar refractivity (Wildman–Crippen MR) is 71.5 cm³/mol. The van der Waals surface area contributed by atoms with Crippen molar-refractivity contribution in [3.8, 4) is 5.75 Å². The van der Waals surface area contributed by atoms with Crippen LogP contribution in [0, 0.1) is 12.3 Å². The average Bonchev–Trinajstić information content (AvgIpc) is 2.31. The summed E-state index contributed by atoms with van der Waals surface area (Å²) >= 11 is 3.36. The summed E-state index contributed by atoms with van der Waals surface area (Å²) in [5.74, 6) is 0.416. The largest absolute Gasteiger partial charge is 0.494 e. The van der Waals surface area contributed by atoms with Crippen LogP contribution in [0.1, 0.15) is 29.9 Å². The van der Waals surface area contributed by atoms with Crippen LogP contribution in [0.5, 0.6) is 5.75 Å². The number of methoxy groups -OCH3 is 1. The van der Waals surface area contributed by atoms with Crippen molar-refractivity contribution in [2.24, 2.45) is 5.41 Å². The highest BCUT2D eigenvalue weighted by Gasteiger charge is 2.29. The summed E-state index contributed by atoms with van der Waals surface area (Å²) < 4.78 is 6.09. The van der Waals surface area contributed by atoms with Gasteiger partial charge >= 0.3 is 0 Å². The molecule has 0 unspecified atom stereocenters. The summed E-state index contributed by atoms with van der Waals surface area (Å²) in [6, 6.07) is 0. The number of carbonyl (C=O) groups excluding carboxylic acids is 1. The van der Waals surface area contributed by atoms with E-state index in [0.29, 0.717) is 11.4 Å². The van der Waals surface area contributed by atoms with E-state index in [1.54, 1.807) is 26.1 Å². The van der Waals surface area contributed by atoms with Gasteiger partial charge in [-0.3, -0.25) is 4.79 Å².